The molecule has 2 heteroatoms. The van der Waals surface area contributed by atoms with Crippen molar-refractivity contribution in [2.24, 2.45) is 0 Å². The van der Waals surface area contributed by atoms with E-state index in [1.165, 1.54) is 12.8 Å². The lowest BCUT2D eigenvalue weighted by molar-refractivity contribution is 0.101. The van der Waals surface area contributed by atoms with Crippen molar-refractivity contribution >= 4 is 17.4 Å². The highest BCUT2D eigenvalue weighted by Gasteiger charge is 1.92. The van der Waals surface area contributed by atoms with Crippen LogP contribution in [0.5, 0.6) is 0 Å². The molecular weight excluding hydrogens is 160 g/mol. The fourth-order valence-corrected chi connectivity index (χ4v) is 0.961. The second-order valence-corrected chi connectivity index (χ2v) is 2.51. The van der Waals surface area contributed by atoms with Gasteiger partial charge in [-0.3, -0.25) is 4.79 Å². The first-order valence-electron chi connectivity index (χ1n) is 3.28. The van der Waals surface area contributed by atoms with Gasteiger partial charge in [0.05, 0.1) is 0 Å². The maximum Gasteiger partial charge on any atom is 0.147 e. The van der Waals surface area contributed by atoms with Crippen LogP contribution in [0.4, 0.5) is 0 Å². The molecule has 0 bridgehead atoms. The number of Topliss-reactive ketones (excluding diaryl/α,β-unsaturated/α-hetero) is 1. The Hall–Kier alpha value is -0.950. The predicted octanol–water partition coefficient (Wildman–Crippen LogP) is 2.64. The molecule has 0 spiro atoms. The van der Waals surface area contributed by atoms with Crippen LogP contribution in [-0.2, 0) is 0 Å². The highest BCUT2D eigenvalue weighted by Crippen LogP contribution is 2.09. The fraction of sp³-hybridized carbons (Fsp3) is 0.111. The number of benzene rings is 1. The van der Waals surface area contributed by atoms with Gasteiger partial charge in [-0.2, -0.15) is 29.3 Å². The van der Waals surface area contributed by atoms with Crippen LogP contribution in [0.2, 0.25) is 0 Å². The summed E-state index contributed by atoms with van der Waals surface area (Å²) in [5, 5.41) is 0. The zero-order valence-electron chi connectivity index (χ0n) is 6.17. The third-order valence-electron chi connectivity index (χ3n) is 1.42. The van der Waals surface area contributed by atoms with Crippen LogP contribution in [0.25, 0.3) is 0 Å². The molecule has 0 aliphatic carbocycles. The Morgan fingerprint density at radius 2 is 2.27 bits per heavy atom. The molecule has 58 valence electrons. The van der Waals surface area contributed by atoms with Crippen LogP contribution >= 0.6 is 11.6 Å². The van der Waals surface area contributed by atoms with Crippen molar-refractivity contribution in [3.63, 3.8) is 0 Å². The van der Waals surface area contributed by atoms with Gasteiger partial charge >= 0.3 is 0 Å². The maximum absolute atomic E-state index is 10.9. The monoisotopic (exact) mass is 167 g/mol. The van der Waals surface area contributed by atoms with Gasteiger partial charge in [0.2, 0.25) is 0 Å². The molecular formula is C9H8ClO-. The van der Waals surface area contributed by atoms with Crippen LogP contribution < -0.4 is 0 Å². The fourth-order valence-electron chi connectivity index (χ4n) is 0.826. The lowest BCUT2D eigenvalue weighted by Gasteiger charge is -2.05. The Balaban J connectivity index is 3.01. The van der Waals surface area contributed by atoms with E-state index in [1.807, 2.05) is 12.1 Å². The summed E-state index contributed by atoms with van der Waals surface area (Å²) in [5.41, 5.74) is 1.55. The van der Waals surface area contributed by atoms with Crippen molar-refractivity contribution in [2.75, 3.05) is 0 Å². The van der Waals surface area contributed by atoms with E-state index in [2.05, 4.69) is 0 Å². The smallest absolute Gasteiger partial charge is 0.147 e. The summed E-state index contributed by atoms with van der Waals surface area (Å²) in [7, 11) is 0. The highest BCUT2D eigenvalue weighted by molar-refractivity contribution is 6.25. The van der Waals surface area contributed by atoms with E-state index in [0.29, 0.717) is 5.56 Å². The largest absolute Gasteiger partial charge is 0.296 e. The SMILES string of the molecule is CC(=O)c1cccc([CH-]Cl)c1. The van der Waals surface area contributed by atoms with E-state index in [0.717, 1.165) is 5.56 Å². The molecule has 1 aromatic rings. The Morgan fingerprint density at radius 3 is 2.82 bits per heavy atom. The molecule has 0 saturated carbocycles. The molecule has 0 saturated heterocycles. The average Bonchev–Trinajstić information content (AvgIpc) is 2.05. The third-order valence-corrected chi connectivity index (χ3v) is 1.67. The van der Waals surface area contributed by atoms with Crippen LogP contribution in [0, 0.1) is 5.88 Å². The average molecular weight is 168 g/mol. The molecule has 11 heavy (non-hydrogen) atoms. The maximum atomic E-state index is 10.9. The van der Waals surface area contributed by atoms with Gasteiger partial charge < -0.3 is 0 Å². The minimum atomic E-state index is 0.0605. The second kappa shape index (κ2) is 3.44. The molecule has 1 rings (SSSR count). The van der Waals surface area contributed by atoms with Gasteiger partial charge in [-0.1, -0.05) is 11.9 Å². The van der Waals surface area contributed by atoms with Gasteiger partial charge in [0.1, 0.15) is 5.78 Å². The van der Waals surface area contributed by atoms with E-state index < -0.39 is 0 Å². The molecule has 1 nitrogen and oxygen atoms in total. The third kappa shape index (κ3) is 1.99. The quantitative estimate of drug-likeness (QED) is 0.489. The number of hydrogen-bond donors (Lipinski definition) is 0. The molecule has 0 aliphatic heterocycles. The van der Waals surface area contributed by atoms with Crippen LogP contribution in [0.3, 0.4) is 0 Å². The standard InChI is InChI=1S/C9H8ClO/c1-7(11)9-4-2-3-8(5-9)6-10/h2-6H,1H3/q-1. The summed E-state index contributed by atoms with van der Waals surface area (Å²) < 4.78 is 0. The van der Waals surface area contributed by atoms with Crippen LogP contribution in [-0.4, -0.2) is 5.78 Å². The van der Waals surface area contributed by atoms with Crippen LogP contribution in [0.1, 0.15) is 22.8 Å². The Morgan fingerprint density at radius 1 is 1.55 bits per heavy atom. The van der Waals surface area contributed by atoms with Gasteiger partial charge in [0.15, 0.2) is 0 Å². The Bertz CT molecular complexity index is 268. The van der Waals surface area contributed by atoms with Crippen molar-refractivity contribution in [2.45, 2.75) is 6.92 Å². The van der Waals surface area contributed by atoms with Crippen molar-refractivity contribution in [3.8, 4) is 0 Å². The topological polar surface area (TPSA) is 17.1 Å². The number of hydrogen-bond acceptors (Lipinski definition) is 1. The first-order chi connectivity index (χ1) is 5.24. The van der Waals surface area contributed by atoms with Gasteiger partial charge in [-0.15, -0.1) is 6.07 Å². The zero-order chi connectivity index (χ0) is 8.27. The molecule has 0 amide bonds. The number of rotatable bonds is 2. The normalized spacial score (nSPS) is 9.27. The summed E-state index contributed by atoms with van der Waals surface area (Å²) in [4.78, 5) is 10.9. The summed E-state index contributed by atoms with van der Waals surface area (Å²) in [6.07, 6.45) is 0. The van der Waals surface area contributed by atoms with Gasteiger partial charge in [0, 0.05) is 0 Å². The second-order valence-electron chi connectivity index (χ2n) is 2.29. The summed E-state index contributed by atoms with van der Waals surface area (Å²) in [6, 6.07) is 7.19. The molecule has 0 unspecified atom stereocenters. The Labute approximate surface area is 71.0 Å². The van der Waals surface area contributed by atoms with Crippen molar-refractivity contribution in [1.29, 1.82) is 0 Å². The van der Waals surface area contributed by atoms with Gasteiger partial charge in [-0.05, 0) is 12.5 Å². The molecule has 0 aromatic heterocycles. The first kappa shape index (κ1) is 8.15. The van der Waals surface area contributed by atoms with Crippen molar-refractivity contribution in [3.05, 3.63) is 41.3 Å². The number of carbonyl (C=O) groups excluding carboxylic acids is 1. The van der Waals surface area contributed by atoms with E-state index in [-0.39, 0.29) is 5.78 Å². The predicted molar refractivity (Wildman–Crippen MR) is 45.7 cm³/mol. The first-order valence-corrected chi connectivity index (χ1v) is 3.72. The van der Waals surface area contributed by atoms with E-state index in [4.69, 9.17) is 11.6 Å². The van der Waals surface area contributed by atoms with E-state index in [1.54, 1.807) is 12.1 Å². The zero-order valence-corrected chi connectivity index (χ0v) is 6.93. The van der Waals surface area contributed by atoms with E-state index in [9.17, 15) is 4.79 Å². The Kier molecular flexibility index (Phi) is 2.55. The van der Waals surface area contributed by atoms with Crippen LogP contribution in [0.15, 0.2) is 24.3 Å². The number of halogens is 1. The van der Waals surface area contributed by atoms with Gasteiger partial charge in [0.25, 0.3) is 0 Å². The summed E-state index contributed by atoms with van der Waals surface area (Å²) in [5.74, 6) is 1.51. The van der Waals surface area contributed by atoms with Crippen molar-refractivity contribution in [1.82, 2.24) is 0 Å². The lowest BCUT2D eigenvalue weighted by atomic mass is 10.1. The van der Waals surface area contributed by atoms with Crippen molar-refractivity contribution < 1.29 is 4.79 Å². The lowest BCUT2D eigenvalue weighted by Crippen LogP contribution is -1.91. The molecule has 0 N–H and O–H groups in total. The molecule has 0 fully saturated rings. The van der Waals surface area contributed by atoms with Gasteiger partial charge in [-0.25, -0.2) is 0 Å². The van der Waals surface area contributed by atoms with E-state index >= 15 is 0 Å². The minimum Gasteiger partial charge on any atom is -0.296 e. The molecule has 0 atom stereocenters. The minimum absolute atomic E-state index is 0.0605. The molecule has 0 radical (unpaired) electrons. The number of ketones is 1. The number of carbonyl (C=O) groups is 1. The molecule has 1 aromatic carbocycles. The summed E-state index contributed by atoms with van der Waals surface area (Å²) >= 11 is 5.47. The molecule has 0 heterocycles. The highest BCUT2D eigenvalue weighted by atomic mass is 35.5. The molecule has 0 aliphatic rings. The summed E-state index contributed by atoms with van der Waals surface area (Å²) in [6.45, 7) is 1.54.